The molecule has 47 heavy (non-hydrogen) atoms. The quantitative estimate of drug-likeness (QED) is 0.180. The maximum Gasteiger partial charge on any atom is 0.329 e. The number of hydrogen-bond donors (Lipinski definition) is 2. The first kappa shape index (κ1) is 32.1. The van der Waals surface area contributed by atoms with Crippen molar-refractivity contribution in [2.75, 3.05) is 22.8 Å². The van der Waals surface area contributed by atoms with Gasteiger partial charge in [0.25, 0.3) is 5.91 Å². The lowest BCUT2D eigenvalue weighted by atomic mass is 9.87. The lowest BCUT2D eigenvalue weighted by Crippen LogP contribution is -2.45. The third-order valence-corrected chi connectivity index (χ3v) is 8.90. The Labute approximate surface area is 279 Å². The number of benzene rings is 3. The van der Waals surface area contributed by atoms with E-state index in [2.05, 4.69) is 56.8 Å². The number of aryl methyl sites for hydroxylation is 2. The second-order valence-corrected chi connectivity index (χ2v) is 14.1. The third-order valence-electron chi connectivity index (χ3n) is 8.12. The molecule has 2 N–H and O–H groups in total. The summed E-state index contributed by atoms with van der Waals surface area (Å²) in [5.41, 5.74) is 5.77. The first-order valence-electron chi connectivity index (χ1n) is 15.6. The van der Waals surface area contributed by atoms with Crippen LogP contribution in [0.1, 0.15) is 54.2 Å². The maximum atomic E-state index is 14.4. The number of aromatic nitrogens is 2. The molecule has 6 rings (SSSR count). The molecule has 1 saturated heterocycles. The lowest BCUT2D eigenvalue weighted by Gasteiger charge is -2.36. The molecule has 4 aromatic rings. The van der Waals surface area contributed by atoms with Gasteiger partial charge in [0.15, 0.2) is 0 Å². The number of amides is 4. The molecule has 1 aromatic heterocycles. The molecule has 1 atom stereocenters. The van der Waals surface area contributed by atoms with Crippen molar-refractivity contribution >= 4 is 41.4 Å². The first-order valence-corrected chi connectivity index (χ1v) is 16.4. The number of nitrogens with zero attached hydrogens (tertiary/aromatic N) is 4. The van der Waals surface area contributed by atoms with Gasteiger partial charge in [-0.2, -0.15) is 4.98 Å². The molecule has 2 aliphatic heterocycles. The predicted octanol–water partition coefficient (Wildman–Crippen LogP) is 6.78. The van der Waals surface area contributed by atoms with Crippen molar-refractivity contribution in [2.24, 2.45) is 5.41 Å². The van der Waals surface area contributed by atoms with Gasteiger partial charge in [0.05, 0.1) is 11.7 Å². The fourth-order valence-electron chi connectivity index (χ4n) is 6.04. The number of ether oxygens (including phenoxy) is 1. The number of rotatable bonds is 5. The van der Waals surface area contributed by atoms with Gasteiger partial charge in [-0.1, -0.05) is 57.2 Å². The van der Waals surface area contributed by atoms with Crippen molar-refractivity contribution in [3.8, 4) is 17.1 Å². The van der Waals surface area contributed by atoms with Crippen LogP contribution in [-0.2, 0) is 11.3 Å². The van der Waals surface area contributed by atoms with E-state index in [9.17, 15) is 14.4 Å². The average molecular weight is 651 g/mol. The van der Waals surface area contributed by atoms with Gasteiger partial charge in [-0.3, -0.25) is 24.5 Å². The molecule has 4 bridgehead atoms. The van der Waals surface area contributed by atoms with E-state index >= 15 is 0 Å². The average Bonchev–Trinajstić information content (AvgIpc) is 3.37. The van der Waals surface area contributed by atoms with Crippen LogP contribution in [0.3, 0.4) is 0 Å². The van der Waals surface area contributed by atoms with Crippen LogP contribution in [0, 0.1) is 19.3 Å². The maximum absolute atomic E-state index is 14.4. The Kier molecular flexibility index (Phi) is 8.92. The van der Waals surface area contributed by atoms with Gasteiger partial charge in [-0.15, -0.1) is 0 Å². The normalized spacial score (nSPS) is 16.9. The van der Waals surface area contributed by atoms with Crippen LogP contribution in [0.5, 0.6) is 5.88 Å². The van der Waals surface area contributed by atoms with Gasteiger partial charge in [-0.25, -0.2) is 9.78 Å². The highest BCUT2D eigenvalue weighted by Gasteiger charge is 2.32. The zero-order chi connectivity index (χ0) is 33.3. The molecule has 0 radical (unpaired) electrons. The molecule has 11 heteroatoms. The van der Waals surface area contributed by atoms with Gasteiger partial charge in [0, 0.05) is 34.3 Å². The van der Waals surface area contributed by atoms with E-state index in [1.54, 1.807) is 6.07 Å². The number of carbonyl (C=O) groups is 3. The largest absolute Gasteiger partial charge is 0.475 e. The summed E-state index contributed by atoms with van der Waals surface area (Å²) in [4.78, 5) is 52.4. The molecule has 4 amide bonds. The molecular formula is C36H38N6O4S. The van der Waals surface area contributed by atoms with Crippen LogP contribution >= 0.6 is 11.9 Å². The number of anilines is 2. The van der Waals surface area contributed by atoms with Crippen molar-refractivity contribution in [1.82, 2.24) is 20.2 Å². The summed E-state index contributed by atoms with van der Waals surface area (Å²) in [6.45, 7) is 11.0. The zero-order valence-corrected chi connectivity index (χ0v) is 28.0. The summed E-state index contributed by atoms with van der Waals surface area (Å²) >= 11 is 1.33. The Hall–Kier alpha value is -4.90. The molecular weight excluding hydrogens is 613 g/mol. The highest BCUT2D eigenvalue weighted by molar-refractivity contribution is 8.00. The van der Waals surface area contributed by atoms with E-state index in [0.29, 0.717) is 29.5 Å². The summed E-state index contributed by atoms with van der Waals surface area (Å²) in [5.74, 6) is 0.326. The lowest BCUT2D eigenvalue weighted by molar-refractivity contribution is -0.117. The number of nitrogens with one attached hydrogen (secondary N) is 2. The number of imide groups is 1. The minimum Gasteiger partial charge on any atom is -0.475 e. The molecule has 0 unspecified atom stereocenters. The van der Waals surface area contributed by atoms with Gasteiger partial charge in [0.2, 0.25) is 17.7 Å². The molecule has 0 aliphatic carbocycles. The summed E-state index contributed by atoms with van der Waals surface area (Å²) < 4.78 is 9.74. The summed E-state index contributed by atoms with van der Waals surface area (Å²) in [6, 6.07) is 22.1. The van der Waals surface area contributed by atoms with E-state index in [1.165, 1.54) is 16.8 Å². The van der Waals surface area contributed by atoms with Gasteiger partial charge in [0.1, 0.15) is 13.2 Å². The van der Waals surface area contributed by atoms with Gasteiger partial charge in [-0.05, 0) is 84.7 Å². The van der Waals surface area contributed by atoms with Crippen LogP contribution in [-0.4, -0.2) is 51.9 Å². The van der Waals surface area contributed by atoms with Gasteiger partial charge < -0.3 is 9.64 Å². The van der Waals surface area contributed by atoms with Crippen molar-refractivity contribution in [1.29, 1.82) is 0 Å². The molecule has 1 fully saturated rings. The predicted molar refractivity (Wildman–Crippen MR) is 183 cm³/mol. The second-order valence-electron chi connectivity index (χ2n) is 13.2. The van der Waals surface area contributed by atoms with Crippen LogP contribution in [0.2, 0.25) is 0 Å². The standard InChI is InChI=1S/C36H38N6O4S/c1-22-9-6-10-23(2)32(22)29-17-31-39-34(37-29)40-47-28-14-8-12-25(16-28)33(44)41(27(21-46-31)18-36(3,4)5)19-24-11-7-13-26(15-24)42-20-30(43)38-35(42)45/h6-17,27H,18-21H2,1-5H3,(H,37,39,40)(H,38,43,45)/t27-/m1/s1. The SMILES string of the molecule is Cc1cccc(C)c1-c1cc2nc(n1)NSc1cccc(c1)C(=O)N(Cc1cccc(N3CC(=O)NC3=O)c1)[C@H](CC(C)(C)C)CO2. The Morgan fingerprint density at radius 2 is 1.68 bits per heavy atom. The number of carbonyl (C=O) groups excluding carboxylic acids is 3. The fraction of sp³-hybridized carbons (Fsp3) is 0.306. The minimum atomic E-state index is -0.461. The Morgan fingerprint density at radius 1 is 0.936 bits per heavy atom. The molecule has 3 aromatic carbocycles. The monoisotopic (exact) mass is 650 g/mol. The van der Waals surface area contributed by atoms with Crippen LogP contribution in [0.4, 0.5) is 16.4 Å². The van der Waals surface area contributed by atoms with E-state index in [4.69, 9.17) is 14.7 Å². The van der Waals surface area contributed by atoms with Crippen molar-refractivity contribution < 1.29 is 19.1 Å². The second kappa shape index (κ2) is 13.1. The van der Waals surface area contributed by atoms with E-state index in [1.807, 2.05) is 59.5 Å². The summed E-state index contributed by atoms with van der Waals surface area (Å²) in [7, 11) is 0. The van der Waals surface area contributed by atoms with Gasteiger partial charge >= 0.3 is 6.03 Å². The Balaban J connectivity index is 1.41. The van der Waals surface area contributed by atoms with Crippen molar-refractivity contribution in [2.45, 2.75) is 58.5 Å². The number of urea groups is 1. The zero-order valence-electron chi connectivity index (χ0n) is 27.2. The fourth-order valence-corrected chi connectivity index (χ4v) is 6.67. The van der Waals surface area contributed by atoms with Crippen LogP contribution < -0.4 is 19.7 Å². The number of hydrogen-bond acceptors (Lipinski definition) is 8. The van der Waals surface area contributed by atoms with Crippen molar-refractivity contribution in [3.63, 3.8) is 0 Å². The minimum absolute atomic E-state index is 0.0468. The Morgan fingerprint density at radius 3 is 2.40 bits per heavy atom. The molecule has 0 saturated carbocycles. The molecule has 10 nitrogen and oxygen atoms in total. The summed E-state index contributed by atoms with van der Waals surface area (Å²) in [5, 5.41) is 2.33. The first-order chi connectivity index (χ1) is 22.4. The smallest absolute Gasteiger partial charge is 0.329 e. The molecule has 3 heterocycles. The summed E-state index contributed by atoms with van der Waals surface area (Å²) in [6.07, 6.45) is 0.649. The Bertz CT molecular complexity index is 1840. The highest BCUT2D eigenvalue weighted by Crippen LogP contribution is 2.33. The molecule has 2 aliphatic rings. The van der Waals surface area contributed by atoms with Crippen LogP contribution in [0.25, 0.3) is 11.3 Å². The molecule has 0 spiro atoms. The van der Waals surface area contributed by atoms with E-state index in [-0.39, 0.29) is 43.0 Å². The van der Waals surface area contributed by atoms with Crippen LogP contribution in [0.15, 0.2) is 77.7 Å². The molecule has 242 valence electrons. The van der Waals surface area contributed by atoms with E-state index in [0.717, 1.165) is 32.8 Å². The topological polar surface area (TPSA) is 117 Å². The number of fused-ring (bicyclic) bond motifs is 4. The third kappa shape index (κ3) is 7.41. The highest BCUT2D eigenvalue weighted by atomic mass is 32.2. The van der Waals surface area contributed by atoms with E-state index < -0.39 is 6.03 Å². The van der Waals surface area contributed by atoms with Crippen molar-refractivity contribution in [3.05, 3.63) is 95.1 Å².